The molecule has 1 aromatic carbocycles. The van der Waals surface area contributed by atoms with Crippen molar-refractivity contribution in [3.63, 3.8) is 0 Å². The Morgan fingerprint density at radius 3 is 2.44 bits per heavy atom. The van der Waals surface area contributed by atoms with E-state index in [1.54, 1.807) is 6.07 Å². The van der Waals surface area contributed by atoms with Crippen LogP contribution in [0.4, 0.5) is 18.9 Å². The van der Waals surface area contributed by atoms with Crippen molar-refractivity contribution in [2.45, 2.75) is 19.0 Å². The van der Waals surface area contributed by atoms with E-state index >= 15 is 0 Å². The summed E-state index contributed by atoms with van der Waals surface area (Å²) in [7, 11) is 1.41. The first-order valence-electron chi connectivity index (χ1n) is 5.51. The van der Waals surface area contributed by atoms with E-state index in [1.165, 1.54) is 19.2 Å². The number of alkyl halides is 3. The minimum atomic E-state index is -4.21. The van der Waals surface area contributed by atoms with Crippen molar-refractivity contribution in [1.29, 1.82) is 0 Å². The SMILES string of the molecule is COc1cc(N)ccc1OCC1(C(F)(F)F)CC1. The maximum atomic E-state index is 12.7. The Balaban J connectivity index is 2.07. The van der Waals surface area contributed by atoms with Gasteiger partial charge in [-0.05, 0) is 25.0 Å². The molecule has 2 N–H and O–H groups in total. The molecule has 0 spiro atoms. The molecule has 0 unspecified atom stereocenters. The molecule has 6 heteroatoms. The van der Waals surface area contributed by atoms with Crippen molar-refractivity contribution in [2.24, 2.45) is 5.41 Å². The first-order valence-corrected chi connectivity index (χ1v) is 5.51. The predicted octanol–water partition coefficient (Wildman–Crippen LogP) is 3.00. The molecule has 0 saturated heterocycles. The van der Waals surface area contributed by atoms with Gasteiger partial charge in [-0.3, -0.25) is 0 Å². The molecule has 100 valence electrons. The monoisotopic (exact) mass is 261 g/mol. The van der Waals surface area contributed by atoms with Crippen LogP contribution in [0.25, 0.3) is 0 Å². The average Bonchev–Trinajstić information content (AvgIpc) is 3.07. The van der Waals surface area contributed by atoms with Crippen LogP contribution in [0.15, 0.2) is 18.2 Å². The van der Waals surface area contributed by atoms with E-state index in [4.69, 9.17) is 15.2 Å². The number of nitrogens with two attached hydrogens (primary N) is 1. The van der Waals surface area contributed by atoms with Crippen LogP contribution in [0.1, 0.15) is 12.8 Å². The standard InChI is InChI=1S/C12H14F3NO2/c1-17-10-6-8(16)2-3-9(10)18-7-11(4-5-11)12(13,14)15/h2-3,6H,4-5,7,16H2,1H3. The third kappa shape index (κ3) is 2.32. The second-order valence-electron chi connectivity index (χ2n) is 4.48. The zero-order chi connectivity index (χ0) is 13.4. The molecule has 0 heterocycles. The molecule has 0 aromatic heterocycles. The van der Waals surface area contributed by atoms with Gasteiger partial charge in [0.15, 0.2) is 11.5 Å². The zero-order valence-electron chi connectivity index (χ0n) is 9.88. The van der Waals surface area contributed by atoms with Crippen LogP contribution in [0, 0.1) is 5.41 Å². The van der Waals surface area contributed by atoms with Crippen LogP contribution in [0.3, 0.4) is 0 Å². The normalized spacial score (nSPS) is 17.3. The fourth-order valence-electron chi connectivity index (χ4n) is 1.68. The lowest BCUT2D eigenvalue weighted by atomic mass is 10.1. The molecule has 0 radical (unpaired) electrons. The van der Waals surface area contributed by atoms with Crippen molar-refractivity contribution in [3.05, 3.63) is 18.2 Å². The minimum Gasteiger partial charge on any atom is -0.493 e. The van der Waals surface area contributed by atoms with Crippen LogP contribution in [-0.4, -0.2) is 19.9 Å². The lowest BCUT2D eigenvalue weighted by molar-refractivity contribution is -0.194. The van der Waals surface area contributed by atoms with Gasteiger partial charge in [0.1, 0.15) is 12.0 Å². The van der Waals surface area contributed by atoms with Gasteiger partial charge in [0.2, 0.25) is 0 Å². The highest BCUT2D eigenvalue weighted by molar-refractivity contribution is 5.51. The summed E-state index contributed by atoms with van der Waals surface area (Å²) in [5.74, 6) is 0.621. The predicted molar refractivity (Wildman–Crippen MR) is 60.6 cm³/mol. The lowest BCUT2D eigenvalue weighted by Crippen LogP contribution is -2.30. The highest BCUT2D eigenvalue weighted by atomic mass is 19.4. The van der Waals surface area contributed by atoms with Gasteiger partial charge in [-0.2, -0.15) is 13.2 Å². The first kappa shape index (κ1) is 12.9. The van der Waals surface area contributed by atoms with Crippen molar-refractivity contribution in [2.75, 3.05) is 19.5 Å². The number of ether oxygens (including phenoxy) is 2. The Bertz CT molecular complexity index is 441. The smallest absolute Gasteiger partial charge is 0.397 e. The largest absolute Gasteiger partial charge is 0.493 e. The number of methoxy groups -OCH3 is 1. The van der Waals surface area contributed by atoms with Crippen LogP contribution in [0.2, 0.25) is 0 Å². The molecule has 1 aromatic rings. The fourth-order valence-corrected chi connectivity index (χ4v) is 1.68. The second kappa shape index (κ2) is 4.26. The van der Waals surface area contributed by atoms with E-state index in [9.17, 15) is 13.2 Å². The zero-order valence-corrected chi connectivity index (χ0v) is 9.88. The second-order valence-corrected chi connectivity index (χ2v) is 4.48. The van der Waals surface area contributed by atoms with E-state index < -0.39 is 11.6 Å². The molecular weight excluding hydrogens is 247 g/mol. The van der Waals surface area contributed by atoms with Gasteiger partial charge in [-0.1, -0.05) is 0 Å². The molecule has 0 bridgehead atoms. The Hall–Kier alpha value is -1.59. The molecule has 0 amide bonds. The number of nitrogen functional groups attached to an aromatic ring is 1. The van der Waals surface area contributed by atoms with E-state index in [1.807, 2.05) is 0 Å². The number of rotatable bonds is 4. The molecule has 0 aliphatic heterocycles. The molecular formula is C12H14F3NO2. The molecule has 0 atom stereocenters. The van der Waals surface area contributed by atoms with Crippen LogP contribution in [0.5, 0.6) is 11.5 Å². The molecule has 1 aliphatic carbocycles. The van der Waals surface area contributed by atoms with Crippen LogP contribution in [-0.2, 0) is 0 Å². The summed E-state index contributed by atoms with van der Waals surface area (Å²) in [6.07, 6.45) is -3.98. The summed E-state index contributed by atoms with van der Waals surface area (Å²) in [4.78, 5) is 0. The summed E-state index contributed by atoms with van der Waals surface area (Å²) in [6.45, 7) is -0.378. The van der Waals surface area contributed by atoms with Gasteiger partial charge >= 0.3 is 6.18 Å². The number of hydrogen-bond donors (Lipinski definition) is 1. The summed E-state index contributed by atoms with van der Waals surface area (Å²) >= 11 is 0. The summed E-state index contributed by atoms with van der Waals surface area (Å²) in [5, 5.41) is 0. The van der Waals surface area contributed by atoms with Gasteiger partial charge in [-0.25, -0.2) is 0 Å². The summed E-state index contributed by atoms with van der Waals surface area (Å²) in [5.41, 5.74) is 4.34. The van der Waals surface area contributed by atoms with Gasteiger partial charge < -0.3 is 15.2 Å². The maximum absolute atomic E-state index is 12.7. The third-order valence-electron chi connectivity index (χ3n) is 3.15. The third-order valence-corrected chi connectivity index (χ3v) is 3.15. The fraction of sp³-hybridized carbons (Fsp3) is 0.500. The van der Waals surface area contributed by atoms with Gasteiger partial charge in [0, 0.05) is 11.8 Å². The topological polar surface area (TPSA) is 44.5 Å². The van der Waals surface area contributed by atoms with Gasteiger partial charge in [-0.15, -0.1) is 0 Å². The van der Waals surface area contributed by atoms with Crippen molar-refractivity contribution in [1.82, 2.24) is 0 Å². The highest BCUT2D eigenvalue weighted by Gasteiger charge is 2.63. The van der Waals surface area contributed by atoms with E-state index in [0.29, 0.717) is 11.4 Å². The van der Waals surface area contributed by atoms with E-state index in [2.05, 4.69) is 0 Å². The van der Waals surface area contributed by atoms with Crippen molar-refractivity contribution < 1.29 is 22.6 Å². The minimum absolute atomic E-state index is 0.119. The lowest BCUT2D eigenvalue weighted by Gasteiger charge is -2.20. The maximum Gasteiger partial charge on any atom is 0.397 e. The Kier molecular flexibility index (Phi) is 3.04. The molecule has 18 heavy (non-hydrogen) atoms. The highest BCUT2D eigenvalue weighted by Crippen LogP contribution is 2.57. The summed E-state index contributed by atoms with van der Waals surface area (Å²) < 4.78 is 48.4. The van der Waals surface area contributed by atoms with Crippen molar-refractivity contribution >= 4 is 5.69 Å². The summed E-state index contributed by atoms with van der Waals surface area (Å²) in [6, 6.07) is 4.59. The number of anilines is 1. The molecule has 3 nitrogen and oxygen atoms in total. The van der Waals surface area contributed by atoms with E-state index in [0.717, 1.165) is 0 Å². The average molecular weight is 261 g/mol. The van der Waals surface area contributed by atoms with Crippen LogP contribution >= 0.6 is 0 Å². The van der Waals surface area contributed by atoms with Gasteiger partial charge in [0.05, 0.1) is 7.11 Å². The molecule has 1 aliphatic rings. The number of hydrogen-bond acceptors (Lipinski definition) is 3. The quantitative estimate of drug-likeness (QED) is 0.847. The molecule has 2 rings (SSSR count). The number of benzene rings is 1. The molecule has 1 saturated carbocycles. The Morgan fingerprint density at radius 1 is 1.28 bits per heavy atom. The first-order chi connectivity index (χ1) is 8.38. The molecule has 1 fully saturated rings. The van der Waals surface area contributed by atoms with Crippen LogP contribution < -0.4 is 15.2 Å². The van der Waals surface area contributed by atoms with Crippen molar-refractivity contribution in [3.8, 4) is 11.5 Å². The number of halogens is 3. The Morgan fingerprint density at radius 2 is 1.94 bits per heavy atom. The van der Waals surface area contributed by atoms with E-state index in [-0.39, 0.29) is 25.2 Å². The van der Waals surface area contributed by atoms with Gasteiger partial charge in [0.25, 0.3) is 0 Å². The Labute approximate surface area is 103 Å².